The van der Waals surface area contributed by atoms with Gasteiger partial charge in [0.05, 0.1) is 49.9 Å². The van der Waals surface area contributed by atoms with E-state index < -0.39 is 44.6 Å². The van der Waals surface area contributed by atoms with Crippen LogP contribution in [-0.2, 0) is 37.9 Å². The van der Waals surface area contributed by atoms with Gasteiger partial charge in [0.1, 0.15) is 33.5 Å². The molecule has 2 aliphatic heterocycles. The van der Waals surface area contributed by atoms with Gasteiger partial charge in [0.25, 0.3) is 6.71 Å². The number of para-hydroxylation sites is 4. The highest BCUT2D eigenvalue weighted by molar-refractivity contribution is 7.00. The summed E-state index contributed by atoms with van der Waals surface area (Å²) in [6.45, 7) is 42.7. The Balaban J connectivity index is 0.967. The predicted molar refractivity (Wildman–Crippen MR) is 564 cm³/mol. The summed E-state index contributed by atoms with van der Waals surface area (Å²) in [6, 6.07) is 79.4. The Morgan fingerprint density at radius 1 is 0.250 bits per heavy atom. The first-order valence-electron chi connectivity index (χ1n) is 52.3. The van der Waals surface area contributed by atoms with Crippen LogP contribution in [0, 0.1) is 0 Å². The van der Waals surface area contributed by atoms with E-state index >= 15 is 0 Å². The molecule has 0 saturated heterocycles. The van der Waals surface area contributed by atoms with Gasteiger partial charge in [-0.2, -0.15) is 0 Å². The molecular weight excluding hydrogens is 1600 g/mol. The zero-order valence-electron chi connectivity index (χ0n) is 91.0. The van der Waals surface area contributed by atoms with Crippen molar-refractivity contribution in [1.29, 1.82) is 0 Å². The van der Waals surface area contributed by atoms with Crippen molar-refractivity contribution in [2.75, 3.05) is 9.80 Å². The largest absolute Gasteiger partial charge is 0.456 e. The number of fused-ring (bicyclic) bond motifs is 19. The van der Waals surface area contributed by atoms with Gasteiger partial charge in [0.15, 0.2) is 0 Å². The first-order valence-corrected chi connectivity index (χ1v) is 46.3. The Hall–Kier alpha value is -13.8. The van der Waals surface area contributed by atoms with Crippen molar-refractivity contribution >= 4 is 167 Å². The molecule has 7 nitrogen and oxygen atoms in total. The lowest BCUT2D eigenvalue weighted by Crippen LogP contribution is -2.61. The quantitative estimate of drug-likeness (QED) is 0.142. The average molecular weight is 1730 g/mol. The maximum atomic E-state index is 10.7. The highest BCUT2D eigenvalue weighted by atomic mass is 16.3. The molecule has 0 spiro atoms. The summed E-state index contributed by atoms with van der Waals surface area (Å²) in [5, 5.41) is 6.40. The molecule has 0 unspecified atom stereocenters. The zero-order valence-corrected chi connectivity index (χ0v) is 79.0. The number of furan rings is 3. The second-order valence-electron chi connectivity index (χ2n) is 43.9. The standard InChI is InChI=1S/C124H113BN4O3/c1-118(2,3)73-48-56-99-90(60-73)91-61-74(119(4,5)6)49-57-100(91)126(99)80-52-54-97-103(70-80)128(115-89(72-34-23-22-24-35-72)64-77(122(13,14)15)67-96(115)86-42-31-41-85-82-36-25-28-43-107(82)132-117(85)86)105-68-79(124(19,20)21)69-106-114(105)125(97)98-55-53-81(127-101-58-50-75(120(7,8)9)62-92(101)93-63-76(121(10,11)12)51-59-102(93)127)71-104(98)129(106)116-94(83-39-32-46-110-112(83)87-37-26-29-44-108(87)130-110)65-78(123(16,17)18)66-95(116)84-40-33-47-111-113(84)88-38-27-30-45-109(88)131-111/h22-71H,1-21H3/i48D,49D,50D,51D,56D,57D,58D,59D,60D,61D,62D,63D. The number of hydrogen-bond donors (Lipinski definition) is 0. The molecule has 2 aliphatic rings. The van der Waals surface area contributed by atoms with Gasteiger partial charge in [0, 0.05) is 116 Å². The molecule has 132 heavy (non-hydrogen) atoms. The van der Waals surface area contributed by atoms with E-state index in [2.05, 4.69) is 230 Å². The number of benzene rings is 16. The summed E-state index contributed by atoms with van der Waals surface area (Å²) in [5.74, 6) is 0. The van der Waals surface area contributed by atoms with Gasteiger partial charge in [-0.05, 0) is 249 Å². The van der Waals surface area contributed by atoms with Gasteiger partial charge in [-0.1, -0.05) is 309 Å². The van der Waals surface area contributed by atoms with E-state index in [0.29, 0.717) is 78.5 Å². The third-order valence-electron chi connectivity index (χ3n) is 27.6. The Morgan fingerprint density at radius 2 is 0.576 bits per heavy atom. The Morgan fingerprint density at radius 3 is 0.985 bits per heavy atom. The SMILES string of the molecule is [2H]c1c(C(C)(C)C)c([2H])c2c3c([2H])c(C(C)(C)C)c([2H])c([2H])c3n(-c3ccc4c(c3)N(c3c(-c5ccccc5)cc(C(C)(C)C)cc3-c3cccc5c3oc3ccccc35)c3cc(C(C)(C)C)cc5c3B4c3ccc(-n4c6c([2H])c([2H])c(C(C)(C)C)c([2H])c6c6c([2H])c(C(C)(C)C)c([2H])c([2H])c64)cc3N5c3c(-c4cccc5oc6ccccc6c45)cc(C(C)(C)C)cc3-c3cccc4oc5ccccc5c34)c2c1[2H]. The third-order valence-corrected chi connectivity index (χ3v) is 27.6. The summed E-state index contributed by atoms with van der Waals surface area (Å²) in [4.78, 5) is 4.92. The molecule has 16 aromatic carbocycles. The fourth-order valence-corrected chi connectivity index (χ4v) is 20.4. The molecule has 21 aromatic rings. The van der Waals surface area contributed by atoms with Gasteiger partial charge in [0.2, 0.25) is 0 Å². The molecular formula is C124H113BN4O3. The van der Waals surface area contributed by atoms with Crippen LogP contribution in [0.2, 0.25) is 0 Å². The monoisotopic (exact) mass is 1730 g/mol. The normalized spacial score (nSPS) is 14.9. The van der Waals surface area contributed by atoms with Crippen molar-refractivity contribution in [1.82, 2.24) is 9.13 Å². The van der Waals surface area contributed by atoms with Crippen molar-refractivity contribution < 1.29 is 29.7 Å². The van der Waals surface area contributed by atoms with E-state index in [0.717, 1.165) is 133 Å². The molecule has 0 bridgehead atoms. The summed E-state index contributed by atoms with van der Waals surface area (Å²) < 4.78 is 152. The van der Waals surface area contributed by atoms with Gasteiger partial charge >= 0.3 is 0 Å². The number of hydrogen-bond acceptors (Lipinski definition) is 5. The van der Waals surface area contributed by atoms with Crippen LogP contribution in [-0.4, -0.2) is 15.8 Å². The van der Waals surface area contributed by atoms with Crippen LogP contribution in [0.1, 0.15) is 201 Å². The van der Waals surface area contributed by atoms with Crippen LogP contribution in [0.4, 0.5) is 34.1 Å². The van der Waals surface area contributed by atoms with Gasteiger partial charge < -0.3 is 32.2 Å². The van der Waals surface area contributed by atoms with Crippen LogP contribution in [0.3, 0.4) is 0 Å². The molecule has 0 saturated carbocycles. The van der Waals surface area contributed by atoms with Crippen molar-refractivity contribution in [3.63, 3.8) is 0 Å². The molecule has 0 N–H and O–H groups in total. The fraction of sp³-hybridized carbons (Fsp3) is 0.226. The van der Waals surface area contributed by atoms with Crippen molar-refractivity contribution in [3.8, 4) is 55.9 Å². The number of anilines is 6. The van der Waals surface area contributed by atoms with E-state index in [1.165, 1.54) is 0 Å². The van der Waals surface area contributed by atoms with Gasteiger partial charge in [-0.3, -0.25) is 0 Å². The molecule has 5 aromatic heterocycles. The maximum Gasteiger partial charge on any atom is 0.252 e. The molecule has 0 amide bonds. The number of rotatable bonds is 8. The molecule has 8 heteroatoms. The lowest BCUT2D eigenvalue weighted by atomic mass is 9.33. The third kappa shape index (κ3) is 12.9. The Bertz CT molecular complexity index is 8930. The summed E-state index contributed by atoms with van der Waals surface area (Å²) in [5.41, 5.74) is 18.3. The average Bonchev–Trinajstić information content (AvgIpc) is 1.32. The second kappa shape index (κ2) is 28.8. The smallest absolute Gasteiger partial charge is 0.252 e. The minimum Gasteiger partial charge on any atom is -0.456 e. The van der Waals surface area contributed by atoms with Crippen LogP contribution >= 0.6 is 0 Å². The molecule has 23 rings (SSSR count). The fourth-order valence-electron chi connectivity index (χ4n) is 20.4. The summed E-state index contributed by atoms with van der Waals surface area (Å²) in [7, 11) is 0. The molecule has 0 atom stereocenters. The Labute approximate surface area is 791 Å². The van der Waals surface area contributed by atoms with E-state index in [1.54, 1.807) is 4.57 Å². The molecule has 0 radical (unpaired) electrons. The minimum absolute atomic E-state index is 0.0327. The van der Waals surface area contributed by atoms with Crippen LogP contribution in [0.5, 0.6) is 0 Å². The van der Waals surface area contributed by atoms with Crippen molar-refractivity contribution in [2.45, 2.75) is 183 Å². The predicted octanol–water partition coefficient (Wildman–Crippen LogP) is 33.4. The van der Waals surface area contributed by atoms with E-state index in [1.807, 2.05) is 160 Å². The van der Waals surface area contributed by atoms with Gasteiger partial charge in [-0.15, -0.1) is 0 Å². The summed E-state index contributed by atoms with van der Waals surface area (Å²) >= 11 is 0. The van der Waals surface area contributed by atoms with Crippen LogP contribution in [0.25, 0.3) is 165 Å². The van der Waals surface area contributed by atoms with Crippen molar-refractivity contribution in [2.24, 2.45) is 0 Å². The topological polar surface area (TPSA) is 55.8 Å². The van der Waals surface area contributed by atoms with Crippen molar-refractivity contribution in [3.05, 3.63) is 342 Å². The highest BCUT2D eigenvalue weighted by Crippen LogP contribution is 2.59. The number of nitrogens with zero attached hydrogens (tertiary/aromatic N) is 4. The van der Waals surface area contributed by atoms with Gasteiger partial charge in [-0.25, -0.2) is 0 Å². The molecule has 0 aliphatic carbocycles. The highest BCUT2D eigenvalue weighted by Gasteiger charge is 2.48. The number of aromatic nitrogens is 2. The van der Waals surface area contributed by atoms with E-state index in [-0.39, 0.29) is 116 Å². The van der Waals surface area contributed by atoms with E-state index in [4.69, 9.17) is 13.3 Å². The second-order valence-corrected chi connectivity index (χ2v) is 43.9. The molecule has 7 heterocycles. The lowest BCUT2D eigenvalue weighted by Gasteiger charge is -2.47. The van der Waals surface area contributed by atoms with E-state index in [9.17, 15) is 16.4 Å². The molecule has 650 valence electrons. The van der Waals surface area contributed by atoms with Crippen LogP contribution in [0.15, 0.2) is 316 Å². The van der Waals surface area contributed by atoms with Crippen LogP contribution < -0.4 is 26.2 Å². The lowest BCUT2D eigenvalue weighted by molar-refractivity contribution is 0.590. The first kappa shape index (κ1) is 70.1. The summed E-state index contributed by atoms with van der Waals surface area (Å²) in [6.07, 6.45) is 0. The Kier molecular flexibility index (Phi) is 15.3. The molecule has 0 fully saturated rings. The first-order chi connectivity index (χ1) is 67.9. The maximum absolute atomic E-state index is 10.7. The zero-order chi connectivity index (χ0) is 102. The minimum atomic E-state index is -0.849.